The number of hydrogen-bond acceptors (Lipinski definition) is 9. The zero-order valence-electron chi connectivity index (χ0n) is 16.3. The number of hydrogen-bond donors (Lipinski definition) is 3. The Morgan fingerprint density at radius 2 is 1.84 bits per heavy atom. The average molecular weight is 445 g/mol. The first-order chi connectivity index (χ1) is 15.3. The monoisotopic (exact) mass is 445 g/mol. The third-order valence-electron chi connectivity index (χ3n) is 4.97. The number of rotatable bonds is 4. The van der Waals surface area contributed by atoms with E-state index in [4.69, 9.17) is 9.26 Å². The van der Waals surface area contributed by atoms with Gasteiger partial charge in [-0.2, -0.15) is 0 Å². The molecule has 1 fully saturated rings. The Hall–Kier alpha value is -4.19. The van der Waals surface area contributed by atoms with E-state index in [1.807, 2.05) is 0 Å². The molecule has 3 aromatic rings. The van der Waals surface area contributed by atoms with Gasteiger partial charge in [0, 0.05) is 30.3 Å². The fraction of sp³-hybridized carbons (Fsp3) is 0.200. The molecule has 1 aromatic heterocycles. The molecule has 0 radical (unpaired) electrons. The number of aromatic hydroxyl groups is 3. The molecule has 2 heterocycles. The lowest BCUT2D eigenvalue weighted by Crippen LogP contribution is -2.41. The first-order valence-corrected chi connectivity index (χ1v) is 9.34. The summed E-state index contributed by atoms with van der Waals surface area (Å²) in [5.41, 5.74) is -1.23. The van der Waals surface area contributed by atoms with Crippen molar-refractivity contribution in [2.24, 2.45) is 0 Å². The molecule has 1 saturated heterocycles. The van der Waals surface area contributed by atoms with Crippen LogP contribution in [0.4, 0.5) is 10.1 Å². The van der Waals surface area contributed by atoms with Crippen LogP contribution in [0.2, 0.25) is 0 Å². The fourth-order valence-electron chi connectivity index (χ4n) is 3.37. The topological polar surface area (TPSA) is 159 Å². The number of carbonyl (C=O) groups excluding carboxylic acids is 1. The third-order valence-corrected chi connectivity index (χ3v) is 4.97. The molecular weight excluding hydrogens is 429 g/mol. The predicted octanol–water partition coefficient (Wildman–Crippen LogP) is 2.65. The van der Waals surface area contributed by atoms with Gasteiger partial charge in [0.1, 0.15) is 11.3 Å². The molecule has 0 spiro atoms. The Labute approximate surface area is 179 Å². The first-order valence-electron chi connectivity index (χ1n) is 9.34. The molecule has 0 saturated carbocycles. The summed E-state index contributed by atoms with van der Waals surface area (Å²) in [6, 6.07) is 5.71. The highest BCUT2D eigenvalue weighted by Crippen LogP contribution is 2.45. The molecule has 166 valence electrons. The first kappa shape index (κ1) is 21.1. The maximum Gasteiger partial charge on any atom is 0.328 e. The van der Waals surface area contributed by atoms with E-state index < -0.39 is 45.1 Å². The van der Waals surface area contributed by atoms with E-state index in [0.29, 0.717) is 0 Å². The molecule has 0 atom stereocenters. The second-order valence-electron chi connectivity index (χ2n) is 6.92. The van der Waals surface area contributed by atoms with E-state index in [0.717, 1.165) is 18.2 Å². The SMILES string of the molecule is O=C(c1c(-c2cc(-c3ccc(F)c(O)c3)no2)cc(O)c(O)c1[N+](=O)[O-])N1CCOCC1. The van der Waals surface area contributed by atoms with E-state index in [2.05, 4.69) is 5.16 Å². The summed E-state index contributed by atoms with van der Waals surface area (Å²) < 4.78 is 23.8. The molecule has 12 heteroatoms. The zero-order valence-corrected chi connectivity index (χ0v) is 16.3. The van der Waals surface area contributed by atoms with Crippen LogP contribution >= 0.6 is 0 Å². The minimum atomic E-state index is -1.06. The predicted molar refractivity (Wildman–Crippen MR) is 106 cm³/mol. The molecule has 32 heavy (non-hydrogen) atoms. The Morgan fingerprint density at radius 3 is 2.50 bits per heavy atom. The van der Waals surface area contributed by atoms with Gasteiger partial charge in [-0.05, 0) is 24.3 Å². The maximum atomic E-state index is 13.3. The van der Waals surface area contributed by atoms with Crippen LogP contribution in [-0.2, 0) is 4.74 Å². The van der Waals surface area contributed by atoms with Crippen molar-refractivity contribution in [3.05, 3.63) is 51.8 Å². The highest BCUT2D eigenvalue weighted by atomic mass is 19.1. The van der Waals surface area contributed by atoms with E-state index in [9.17, 15) is 34.6 Å². The van der Waals surface area contributed by atoms with Gasteiger partial charge in [-0.15, -0.1) is 0 Å². The van der Waals surface area contributed by atoms with Crippen molar-refractivity contribution < 1.29 is 38.7 Å². The molecule has 1 amide bonds. The summed E-state index contributed by atoms with van der Waals surface area (Å²) in [5.74, 6) is -4.23. The van der Waals surface area contributed by atoms with Crippen LogP contribution in [0.5, 0.6) is 17.2 Å². The fourth-order valence-corrected chi connectivity index (χ4v) is 3.37. The summed E-state index contributed by atoms with van der Waals surface area (Å²) in [6.07, 6.45) is 0. The van der Waals surface area contributed by atoms with Gasteiger partial charge >= 0.3 is 5.69 Å². The van der Waals surface area contributed by atoms with Gasteiger partial charge in [-0.25, -0.2) is 4.39 Å². The van der Waals surface area contributed by atoms with Crippen LogP contribution < -0.4 is 0 Å². The molecule has 0 aliphatic carbocycles. The van der Waals surface area contributed by atoms with E-state index in [1.54, 1.807) is 0 Å². The van der Waals surface area contributed by atoms with Crippen LogP contribution in [0.15, 0.2) is 34.9 Å². The van der Waals surface area contributed by atoms with Gasteiger partial charge in [0.2, 0.25) is 5.75 Å². The number of carbonyl (C=O) groups is 1. The lowest BCUT2D eigenvalue weighted by atomic mass is 9.99. The minimum absolute atomic E-state index is 0.126. The van der Waals surface area contributed by atoms with Crippen molar-refractivity contribution in [3.63, 3.8) is 0 Å². The number of phenols is 3. The minimum Gasteiger partial charge on any atom is -0.505 e. The van der Waals surface area contributed by atoms with Gasteiger partial charge in [0.15, 0.2) is 23.1 Å². The summed E-state index contributed by atoms with van der Waals surface area (Å²) in [7, 11) is 0. The van der Waals surface area contributed by atoms with Crippen molar-refractivity contribution in [3.8, 4) is 39.8 Å². The van der Waals surface area contributed by atoms with E-state index >= 15 is 0 Å². The normalized spacial score (nSPS) is 13.8. The number of nitro benzene ring substituents is 1. The molecule has 0 bridgehead atoms. The second-order valence-corrected chi connectivity index (χ2v) is 6.92. The lowest BCUT2D eigenvalue weighted by Gasteiger charge is -2.27. The molecule has 4 rings (SSSR count). The molecule has 2 aromatic carbocycles. The Balaban J connectivity index is 1.87. The largest absolute Gasteiger partial charge is 0.505 e. The Kier molecular flexibility index (Phi) is 5.36. The van der Waals surface area contributed by atoms with Gasteiger partial charge < -0.3 is 29.5 Å². The quantitative estimate of drug-likeness (QED) is 0.312. The van der Waals surface area contributed by atoms with Crippen molar-refractivity contribution in [2.75, 3.05) is 26.3 Å². The summed E-state index contributed by atoms with van der Waals surface area (Å²) in [5, 5.41) is 45.3. The van der Waals surface area contributed by atoms with Crippen LogP contribution in [0.3, 0.4) is 0 Å². The highest BCUT2D eigenvalue weighted by Gasteiger charge is 2.36. The number of halogens is 1. The van der Waals surface area contributed by atoms with Gasteiger partial charge in [0.05, 0.1) is 18.1 Å². The highest BCUT2D eigenvalue weighted by molar-refractivity contribution is 6.06. The number of nitro groups is 1. The average Bonchev–Trinajstić information content (AvgIpc) is 3.27. The zero-order chi connectivity index (χ0) is 23.0. The second kappa shape index (κ2) is 8.15. The number of ether oxygens (including phenoxy) is 1. The number of aromatic nitrogens is 1. The molecule has 0 unspecified atom stereocenters. The number of phenolic OH excluding ortho intramolecular Hbond substituents is 3. The van der Waals surface area contributed by atoms with E-state index in [1.165, 1.54) is 17.0 Å². The van der Waals surface area contributed by atoms with Gasteiger partial charge in [0.25, 0.3) is 5.91 Å². The number of morpholine rings is 1. The lowest BCUT2D eigenvalue weighted by molar-refractivity contribution is -0.386. The molecule has 1 aliphatic rings. The van der Waals surface area contributed by atoms with Crippen LogP contribution in [-0.4, -0.2) is 62.5 Å². The van der Waals surface area contributed by atoms with Gasteiger partial charge in [-0.1, -0.05) is 5.16 Å². The Bertz CT molecular complexity index is 1220. The third kappa shape index (κ3) is 3.67. The Morgan fingerprint density at radius 1 is 1.12 bits per heavy atom. The van der Waals surface area contributed by atoms with Crippen molar-refractivity contribution >= 4 is 11.6 Å². The molecule has 11 nitrogen and oxygen atoms in total. The summed E-state index contributed by atoms with van der Waals surface area (Å²) in [4.78, 5) is 25.2. The van der Waals surface area contributed by atoms with Crippen LogP contribution in [0.25, 0.3) is 22.6 Å². The van der Waals surface area contributed by atoms with Crippen LogP contribution in [0.1, 0.15) is 10.4 Å². The molecular formula is C20H16FN3O8. The number of amides is 1. The maximum absolute atomic E-state index is 13.3. The van der Waals surface area contributed by atoms with Gasteiger partial charge in [-0.3, -0.25) is 14.9 Å². The van der Waals surface area contributed by atoms with Crippen LogP contribution in [0, 0.1) is 15.9 Å². The van der Waals surface area contributed by atoms with Crippen molar-refractivity contribution in [1.82, 2.24) is 10.1 Å². The molecule has 1 aliphatic heterocycles. The smallest absolute Gasteiger partial charge is 0.328 e. The number of benzene rings is 2. The van der Waals surface area contributed by atoms with Crippen molar-refractivity contribution in [1.29, 1.82) is 0 Å². The van der Waals surface area contributed by atoms with E-state index in [-0.39, 0.29) is 48.9 Å². The summed E-state index contributed by atoms with van der Waals surface area (Å²) >= 11 is 0. The standard InChI is InChI=1S/C20H16FN3O8/c21-12-2-1-10(7-14(12)25)13-9-16(32-22-13)11-8-15(26)19(27)18(24(29)30)17(11)20(28)23-3-5-31-6-4-23/h1-2,7-9,25-27H,3-6H2. The summed E-state index contributed by atoms with van der Waals surface area (Å²) in [6.45, 7) is 0.820. The number of nitrogens with zero attached hydrogens (tertiary/aromatic N) is 3. The molecule has 3 N–H and O–H groups in total. The van der Waals surface area contributed by atoms with Crippen molar-refractivity contribution in [2.45, 2.75) is 0 Å².